The van der Waals surface area contributed by atoms with E-state index < -0.39 is 0 Å². The van der Waals surface area contributed by atoms with Crippen LogP contribution in [0.4, 0.5) is 22.7 Å². The van der Waals surface area contributed by atoms with Crippen LogP contribution in [0.15, 0.2) is 84.9 Å². The van der Waals surface area contributed by atoms with E-state index in [-0.39, 0.29) is 6.29 Å². The molecular weight excluding hydrogens is 414 g/mol. The summed E-state index contributed by atoms with van der Waals surface area (Å²) in [5.74, 6) is 0. The molecule has 0 fully saturated rings. The summed E-state index contributed by atoms with van der Waals surface area (Å²) in [7, 11) is 0. The third kappa shape index (κ3) is 3.04. The van der Waals surface area contributed by atoms with Crippen molar-refractivity contribution in [3.05, 3.63) is 118 Å². The topological polar surface area (TPSA) is 9.26 Å². The van der Waals surface area contributed by atoms with Crippen LogP contribution in [0.2, 0.25) is 0 Å². The van der Waals surface area contributed by atoms with E-state index in [1.54, 1.807) is 0 Å². The van der Waals surface area contributed by atoms with Crippen LogP contribution in [-0.4, -0.2) is 27.9 Å². The predicted molar refractivity (Wildman–Crippen MR) is 141 cm³/mol. The zero-order chi connectivity index (χ0) is 23.4. The summed E-state index contributed by atoms with van der Waals surface area (Å²) in [5, 5.41) is 0. The Labute approximate surface area is 201 Å². The van der Waals surface area contributed by atoms with Gasteiger partial charge in [0.05, 0.1) is 22.5 Å². The molecule has 4 aromatic rings. The number of hydrogen-bond donors (Lipinski definition) is 0. The lowest BCUT2D eigenvalue weighted by molar-refractivity contribution is -0.703. The summed E-state index contributed by atoms with van der Waals surface area (Å²) in [5.41, 5.74) is 12.5. The Morgan fingerprint density at radius 1 is 0.500 bits per heavy atom. The maximum atomic E-state index is 2.50. The molecule has 166 valence electrons. The Hall–Kier alpha value is -3.98. The van der Waals surface area contributed by atoms with E-state index in [4.69, 9.17) is 0 Å². The van der Waals surface area contributed by atoms with Crippen LogP contribution in [0.5, 0.6) is 0 Å². The zero-order valence-electron chi connectivity index (χ0n) is 20.2. The Kier molecular flexibility index (Phi) is 4.73. The SMILES string of the molecule is Cc1cccc(C)c1[N+]1=Cc2ccccc2N2c3ccccc3C=[N+](c3c(C)cccc3C)C21. The van der Waals surface area contributed by atoms with Crippen molar-refractivity contribution < 1.29 is 9.15 Å². The third-order valence-electron chi connectivity index (χ3n) is 7.07. The molecule has 4 aromatic carbocycles. The van der Waals surface area contributed by atoms with Crippen molar-refractivity contribution in [2.75, 3.05) is 4.90 Å². The van der Waals surface area contributed by atoms with Crippen molar-refractivity contribution in [2.45, 2.75) is 34.0 Å². The average Bonchev–Trinajstić information content (AvgIpc) is 2.83. The van der Waals surface area contributed by atoms with E-state index in [0.29, 0.717) is 0 Å². The van der Waals surface area contributed by atoms with Crippen LogP contribution in [0.1, 0.15) is 33.4 Å². The summed E-state index contributed by atoms with van der Waals surface area (Å²) in [6, 6.07) is 30.6. The number of para-hydroxylation sites is 4. The van der Waals surface area contributed by atoms with Crippen LogP contribution >= 0.6 is 0 Å². The van der Waals surface area contributed by atoms with Crippen LogP contribution in [0, 0.1) is 27.7 Å². The molecule has 3 nitrogen and oxygen atoms in total. The molecule has 0 N–H and O–H groups in total. The summed E-state index contributed by atoms with van der Waals surface area (Å²) in [6.45, 7) is 8.85. The standard InChI is InChI=1S/C31H29N3/c1-21-11-9-12-22(2)29(21)32-19-25-15-5-7-17-27(25)34-28-18-8-6-16-26(28)20-33(31(32)34)30-23(3)13-10-14-24(30)4/h5-20,31H,1-4H3/q+2. The second-order valence-electron chi connectivity index (χ2n) is 9.39. The fourth-order valence-corrected chi connectivity index (χ4v) is 5.61. The van der Waals surface area contributed by atoms with Gasteiger partial charge in [0.1, 0.15) is 0 Å². The number of rotatable bonds is 2. The van der Waals surface area contributed by atoms with Gasteiger partial charge in [-0.25, -0.2) is 4.90 Å². The van der Waals surface area contributed by atoms with Gasteiger partial charge in [0.15, 0.2) is 12.4 Å². The number of fused-ring (bicyclic) bond motifs is 5. The van der Waals surface area contributed by atoms with E-state index >= 15 is 0 Å². The van der Waals surface area contributed by atoms with E-state index in [9.17, 15) is 0 Å². The first-order chi connectivity index (χ1) is 16.5. The molecule has 2 aliphatic rings. The Morgan fingerprint density at radius 3 is 1.29 bits per heavy atom. The lowest BCUT2D eigenvalue weighted by Gasteiger charge is -2.35. The van der Waals surface area contributed by atoms with Gasteiger partial charge in [-0.1, -0.05) is 60.7 Å². The van der Waals surface area contributed by atoms with Gasteiger partial charge in [0.25, 0.3) is 0 Å². The molecular formula is C31H29N3+2. The molecule has 0 saturated carbocycles. The van der Waals surface area contributed by atoms with Gasteiger partial charge >= 0.3 is 6.29 Å². The number of aryl methyl sites for hydroxylation is 4. The maximum absolute atomic E-state index is 2.50. The van der Waals surface area contributed by atoms with Gasteiger partial charge in [0, 0.05) is 22.3 Å². The van der Waals surface area contributed by atoms with Gasteiger partial charge in [-0.2, -0.15) is 0 Å². The minimum Gasteiger partial charge on any atom is -0.223 e. The summed E-state index contributed by atoms with van der Waals surface area (Å²) in [4.78, 5) is 2.50. The van der Waals surface area contributed by atoms with Gasteiger partial charge in [0.2, 0.25) is 11.4 Å². The first-order valence-corrected chi connectivity index (χ1v) is 11.9. The van der Waals surface area contributed by atoms with Gasteiger partial charge in [-0.05, 0) is 52.0 Å². The fourth-order valence-electron chi connectivity index (χ4n) is 5.61. The summed E-state index contributed by atoms with van der Waals surface area (Å²) < 4.78 is 4.93. The van der Waals surface area contributed by atoms with Gasteiger partial charge < -0.3 is 0 Å². The van der Waals surface area contributed by atoms with Crippen molar-refractivity contribution in [2.24, 2.45) is 0 Å². The molecule has 0 spiro atoms. The highest BCUT2D eigenvalue weighted by molar-refractivity contribution is 5.95. The maximum Gasteiger partial charge on any atom is 0.445 e. The molecule has 6 rings (SSSR count). The Balaban J connectivity index is 1.73. The third-order valence-corrected chi connectivity index (χ3v) is 7.07. The number of benzene rings is 4. The van der Waals surface area contributed by atoms with Crippen LogP contribution in [-0.2, 0) is 0 Å². The molecule has 0 aromatic heterocycles. The summed E-state index contributed by atoms with van der Waals surface area (Å²) >= 11 is 0. The summed E-state index contributed by atoms with van der Waals surface area (Å²) in [6.07, 6.45) is 4.59. The molecule has 0 aliphatic carbocycles. The fraction of sp³-hybridized carbons (Fsp3) is 0.161. The van der Waals surface area contributed by atoms with Crippen molar-refractivity contribution in [1.29, 1.82) is 0 Å². The van der Waals surface area contributed by atoms with Crippen molar-refractivity contribution in [3.8, 4) is 0 Å². The molecule has 0 atom stereocenters. The van der Waals surface area contributed by atoms with Crippen LogP contribution in [0.3, 0.4) is 0 Å². The van der Waals surface area contributed by atoms with Gasteiger partial charge in [-0.3, -0.25) is 0 Å². The average molecular weight is 444 g/mol. The molecule has 3 heteroatoms. The smallest absolute Gasteiger partial charge is 0.223 e. The molecule has 0 saturated heterocycles. The molecule has 0 radical (unpaired) electrons. The minimum absolute atomic E-state index is 0.0654. The lowest BCUT2D eigenvalue weighted by atomic mass is 10.0. The highest BCUT2D eigenvalue weighted by Gasteiger charge is 2.50. The number of anilines is 2. The predicted octanol–water partition coefficient (Wildman–Crippen LogP) is 6.90. The van der Waals surface area contributed by atoms with E-state index in [1.807, 2.05) is 0 Å². The molecule has 0 amide bonds. The van der Waals surface area contributed by atoms with Crippen LogP contribution < -0.4 is 4.90 Å². The Bertz CT molecular complexity index is 1360. The van der Waals surface area contributed by atoms with E-state index in [0.717, 1.165) is 0 Å². The molecule has 34 heavy (non-hydrogen) atoms. The number of nitrogens with zero attached hydrogens (tertiary/aromatic N) is 3. The first-order valence-electron chi connectivity index (χ1n) is 11.9. The zero-order valence-corrected chi connectivity index (χ0v) is 20.2. The monoisotopic (exact) mass is 443 g/mol. The second kappa shape index (κ2) is 7.81. The molecule has 2 aliphatic heterocycles. The molecule has 2 heterocycles. The van der Waals surface area contributed by atoms with Crippen molar-refractivity contribution >= 4 is 35.2 Å². The first kappa shape index (κ1) is 20.6. The normalized spacial score (nSPS) is 14.6. The highest BCUT2D eigenvalue weighted by Crippen LogP contribution is 2.43. The molecule has 0 bridgehead atoms. The quantitative estimate of drug-likeness (QED) is 0.306. The minimum atomic E-state index is -0.0654. The lowest BCUT2D eigenvalue weighted by Crippen LogP contribution is -2.52. The van der Waals surface area contributed by atoms with Crippen molar-refractivity contribution in [1.82, 2.24) is 0 Å². The van der Waals surface area contributed by atoms with E-state index in [1.165, 1.54) is 56.1 Å². The van der Waals surface area contributed by atoms with Gasteiger partial charge in [-0.15, -0.1) is 9.15 Å². The largest absolute Gasteiger partial charge is 0.445 e. The Morgan fingerprint density at radius 2 is 0.882 bits per heavy atom. The van der Waals surface area contributed by atoms with Crippen LogP contribution in [0.25, 0.3) is 0 Å². The second-order valence-corrected chi connectivity index (χ2v) is 9.39. The molecule has 0 unspecified atom stereocenters. The highest BCUT2D eigenvalue weighted by atomic mass is 15.5. The number of hydrogen-bond acceptors (Lipinski definition) is 1. The van der Waals surface area contributed by atoms with Crippen molar-refractivity contribution in [3.63, 3.8) is 0 Å². The van der Waals surface area contributed by atoms with E-state index in [2.05, 4.69) is 139 Å².